The molecule has 0 aliphatic heterocycles. The van der Waals surface area contributed by atoms with Crippen LogP contribution in [0.2, 0.25) is 0 Å². The highest BCUT2D eigenvalue weighted by atomic mass is 32.2. The zero-order valence-corrected chi connectivity index (χ0v) is 12.0. The maximum Gasteiger partial charge on any atom is 0.301 e. The molecular formula is C13H18N2O3S. The summed E-state index contributed by atoms with van der Waals surface area (Å²) in [4.78, 5) is 0. The van der Waals surface area contributed by atoms with Gasteiger partial charge in [-0.25, -0.2) is 0 Å². The topological polar surface area (TPSA) is 69.6 Å². The Balaban J connectivity index is 2.84. The lowest BCUT2D eigenvalue weighted by Crippen LogP contribution is -2.37. The van der Waals surface area contributed by atoms with Crippen molar-refractivity contribution >= 4 is 15.9 Å². The Morgan fingerprint density at radius 1 is 1.32 bits per heavy atom. The molecule has 0 aliphatic rings. The first-order valence-electron chi connectivity index (χ1n) is 5.82. The number of hydrogen-bond donors (Lipinski definition) is 2. The van der Waals surface area contributed by atoms with Gasteiger partial charge >= 0.3 is 10.2 Å². The average molecular weight is 282 g/mol. The molecule has 5 nitrogen and oxygen atoms in total. The van der Waals surface area contributed by atoms with Crippen LogP contribution in [0.5, 0.6) is 0 Å². The lowest BCUT2D eigenvalue weighted by Gasteiger charge is -2.21. The Labute approximate surface area is 114 Å². The fourth-order valence-electron chi connectivity index (χ4n) is 1.26. The Bertz CT molecular complexity index is 568. The monoisotopic (exact) mass is 282 g/mol. The van der Waals surface area contributed by atoms with Crippen molar-refractivity contribution in [3.8, 4) is 11.8 Å². The van der Waals surface area contributed by atoms with Crippen molar-refractivity contribution in [2.45, 2.75) is 19.9 Å². The molecule has 0 aliphatic carbocycles. The molecule has 0 radical (unpaired) electrons. The van der Waals surface area contributed by atoms with Gasteiger partial charge in [0.15, 0.2) is 0 Å². The molecule has 0 spiro atoms. The van der Waals surface area contributed by atoms with Crippen LogP contribution in [-0.4, -0.2) is 37.5 Å². The molecule has 2 N–H and O–H groups in total. The highest BCUT2D eigenvalue weighted by Crippen LogP contribution is 2.13. The van der Waals surface area contributed by atoms with Gasteiger partial charge in [-0.1, -0.05) is 11.8 Å². The molecule has 6 heteroatoms. The molecular weight excluding hydrogens is 264 g/mol. The van der Waals surface area contributed by atoms with E-state index in [9.17, 15) is 8.42 Å². The zero-order chi connectivity index (χ0) is 14.5. The standard InChI is InChI=1S/C13H18N2O3S/c1-11(2)15(3)19(17,18)14-13-8-6-12(7-9-13)5-4-10-16/h6-9,11,14,16H,10H2,1-3H3. The first-order valence-corrected chi connectivity index (χ1v) is 7.26. The van der Waals surface area contributed by atoms with E-state index < -0.39 is 10.2 Å². The number of benzene rings is 1. The predicted octanol–water partition coefficient (Wildman–Crippen LogP) is 1.03. The van der Waals surface area contributed by atoms with Gasteiger partial charge in [-0.2, -0.15) is 12.7 Å². The Kier molecular flexibility index (Phi) is 5.36. The van der Waals surface area contributed by atoms with E-state index in [-0.39, 0.29) is 12.6 Å². The summed E-state index contributed by atoms with van der Waals surface area (Å²) in [5.74, 6) is 5.26. The second-order valence-corrected chi connectivity index (χ2v) is 5.98. The number of anilines is 1. The third-order valence-electron chi connectivity index (χ3n) is 2.55. The van der Waals surface area contributed by atoms with Gasteiger partial charge in [0, 0.05) is 24.3 Å². The van der Waals surface area contributed by atoms with Crippen LogP contribution in [0.25, 0.3) is 0 Å². The highest BCUT2D eigenvalue weighted by Gasteiger charge is 2.19. The summed E-state index contributed by atoms with van der Waals surface area (Å²) < 4.78 is 27.6. The number of aliphatic hydroxyl groups excluding tert-OH is 1. The van der Waals surface area contributed by atoms with E-state index >= 15 is 0 Å². The molecule has 19 heavy (non-hydrogen) atoms. The second-order valence-electron chi connectivity index (χ2n) is 4.25. The van der Waals surface area contributed by atoms with Crippen molar-refractivity contribution in [1.29, 1.82) is 0 Å². The summed E-state index contributed by atoms with van der Waals surface area (Å²) in [5.41, 5.74) is 1.19. The molecule has 1 aromatic rings. The van der Waals surface area contributed by atoms with E-state index in [2.05, 4.69) is 16.6 Å². The molecule has 0 atom stereocenters. The van der Waals surface area contributed by atoms with Crippen LogP contribution >= 0.6 is 0 Å². The highest BCUT2D eigenvalue weighted by molar-refractivity contribution is 7.90. The molecule has 0 saturated carbocycles. The predicted molar refractivity (Wildman–Crippen MR) is 75.8 cm³/mol. The maximum absolute atomic E-state index is 12.0. The van der Waals surface area contributed by atoms with Crippen molar-refractivity contribution in [2.24, 2.45) is 0 Å². The molecule has 0 amide bonds. The van der Waals surface area contributed by atoms with Gasteiger partial charge in [0.2, 0.25) is 0 Å². The molecule has 0 aromatic heterocycles. The van der Waals surface area contributed by atoms with Crippen molar-refractivity contribution in [2.75, 3.05) is 18.4 Å². The van der Waals surface area contributed by atoms with Gasteiger partial charge in [-0.3, -0.25) is 4.72 Å². The van der Waals surface area contributed by atoms with Crippen LogP contribution in [0.3, 0.4) is 0 Å². The Morgan fingerprint density at radius 2 is 1.89 bits per heavy atom. The third kappa shape index (κ3) is 4.56. The summed E-state index contributed by atoms with van der Waals surface area (Å²) in [6.07, 6.45) is 0. The lowest BCUT2D eigenvalue weighted by molar-refractivity contribution is 0.350. The molecule has 0 fully saturated rings. The van der Waals surface area contributed by atoms with Crippen LogP contribution in [0.15, 0.2) is 24.3 Å². The minimum absolute atomic E-state index is 0.118. The van der Waals surface area contributed by atoms with Crippen molar-refractivity contribution in [1.82, 2.24) is 4.31 Å². The summed E-state index contributed by atoms with van der Waals surface area (Å²) in [6, 6.07) is 6.53. The molecule has 0 heterocycles. The maximum atomic E-state index is 12.0. The molecule has 104 valence electrons. The molecule has 0 unspecified atom stereocenters. The van der Waals surface area contributed by atoms with E-state index in [1.54, 1.807) is 38.1 Å². The van der Waals surface area contributed by atoms with Crippen LogP contribution < -0.4 is 4.72 Å². The van der Waals surface area contributed by atoms with E-state index in [1.165, 1.54) is 11.4 Å². The van der Waals surface area contributed by atoms with Crippen LogP contribution in [0, 0.1) is 11.8 Å². The first kappa shape index (κ1) is 15.5. The van der Waals surface area contributed by atoms with Crippen molar-refractivity contribution in [3.63, 3.8) is 0 Å². The number of nitrogens with zero attached hydrogens (tertiary/aromatic N) is 1. The van der Waals surface area contributed by atoms with Crippen LogP contribution in [-0.2, 0) is 10.2 Å². The van der Waals surface area contributed by atoms with Gasteiger partial charge in [-0.15, -0.1) is 0 Å². The summed E-state index contributed by atoms with van der Waals surface area (Å²) in [7, 11) is -2.01. The minimum Gasteiger partial charge on any atom is -0.384 e. The Morgan fingerprint density at radius 3 is 2.37 bits per heavy atom. The van der Waals surface area contributed by atoms with E-state index in [0.29, 0.717) is 11.3 Å². The number of aliphatic hydroxyl groups is 1. The number of nitrogens with one attached hydrogen (secondary N) is 1. The fourth-order valence-corrected chi connectivity index (χ4v) is 2.39. The molecule has 1 aromatic carbocycles. The smallest absolute Gasteiger partial charge is 0.301 e. The third-order valence-corrected chi connectivity index (χ3v) is 4.22. The number of rotatable bonds is 4. The lowest BCUT2D eigenvalue weighted by atomic mass is 10.2. The minimum atomic E-state index is -3.54. The molecule has 1 rings (SSSR count). The van der Waals surface area contributed by atoms with Gasteiger partial charge < -0.3 is 5.11 Å². The summed E-state index contributed by atoms with van der Waals surface area (Å²) >= 11 is 0. The summed E-state index contributed by atoms with van der Waals surface area (Å²) in [6.45, 7) is 3.40. The van der Waals surface area contributed by atoms with Crippen LogP contribution in [0.4, 0.5) is 5.69 Å². The van der Waals surface area contributed by atoms with E-state index in [1.807, 2.05) is 0 Å². The largest absolute Gasteiger partial charge is 0.384 e. The van der Waals surface area contributed by atoms with Crippen molar-refractivity contribution < 1.29 is 13.5 Å². The molecule has 0 saturated heterocycles. The average Bonchev–Trinajstić information content (AvgIpc) is 2.36. The normalized spacial score (nSPS) is 11.3. The van der Waals surface area contributed by atoms with E-state index in [0.717, 1.165) is 0 Å². The quantitative estimate of drug-likeness (QED) is 0.810. The Hall–Kier alpha value is -1.55. The van der Waals surface area contributed by atoms with Crippen LogP contribution in [0.1, 0.15) is 19.4 Å². The second kappa shape index (κ2) is 6.57. The van der Waals surface area contributed by atoms with Gasteiger partial charge in [0.25, 0.3) is 0 Å². The van der Waals surface area contributed by atoms with Crippen molar-refractivity contribution in [3.05, 3.63) is 29.8 Å². The fraction of sp³-hybridized carbons (Fsp3) is 0.385. The van der Waals surface area contributed by atoms with Gasteiger partial charge in [0.1, 0.15) is 6.61 Å². The SMILES string of the molecule is CC(C)N(C)S(=O)(=O)Nc1ccc(C#CCO)cc1. The zero-order valence-electron chi connectivity index (χ0n) is 11.2. The van der Waals surface area contributed by atoms with Gasteiger partial charge in [0.05, 0.1) is 0 Å². The van der Waals surface area contributed by atoms with Gasteiger partial charge in [-0.05, 0) is 38.1 Å². The van der Waals surface area contributed by atoms with E-state index in [4.69, 9.17) is 5.11 Å². The number of hydrogen-bond acceptors (Lipinski definition) is 3. The molecule has 0 bridgehead atoms. The summed E-state index contributed by atoms with van der Waals surface area (Å²) in [5, 5.41) is 8.58. The first-order chi connectivity index (χ1) is 8.86.